The summed E-state index contributed by atoms with van der Waals surface area (Å²) in [6, 6.07) is 6.11. The summed E-state index contributed by atoms with van der Waals surface area (Å²) in [5.74, 6) is -0.398. The predicted molar refractivity (Wildman–Crippen MR) is 86.8 cm³/mol. The maximum Gasteiger partial charge on any atom is 0.335 e. The van der Waals surface area contributed by atoms with Crippen LogP contribution < -0.4 is 0 Å². The SMILES string of the molecule is CS(=O)(=O)C1=CC=C(c2nnc(-c3ccc(C(=O)O)cc3)o2)CC1. The molecule has 124 valence electrons. The Morgan fingerprint density at radius 1 is 1.08 bits per heavy atom. The first kappa shape index (κ1) is 16.1. The second kappa shape index (κ2) is 6.04. The summed E-state index contributed by atoms with van der Waals surface area (Å²) in [6.45, 7) is 0. The van der Waals surface area contributed by atoms with Gasteiger partial charge >= 0.3 is 5.97 Å². The van der Waals surface area contributed by atoms with Crippen molar-refractivity contribution in [2.24, 2.45) is 0 Å². The molecule has 0 bridgehead atoms. The molecule has 1 aliphatic carbocycles. The highest BCUT2D eigenvalue weighted by molar-refractivity contribution is 7.94. The lowest BCUT2D eigenvalue weighted by atomic mass is 10.1. The van der Waals surface area contributed by atoms with Crippen molar-refractivity contribution in [3.05, 3.63) is 52.8 Å². The van der Waals surface area contributed by atoms with Gasteiger partial charge < -0.3 is 9.52 Å². The number of hydrogen-bond donors (Lipinski definition) is 1. The first-order chi connectivity index (χ1) is 11.3. The maximum atomic E-state index is 11.5. The highest BCUT2D eigenvalue weighted by Crippen LogP contribution is 2.29. The highest BCUT2D eigenvalue weighted by Gasteiger charge is 2.19. The van der Waals surface area contributed by atoms with Crippen LogP contribution in [0.1, 0.15) is 29.1 Å². The fourth-order valence-electron chi connectivity index (χ4n) is 2.33. The number of aromatic nitrogens is 2. The van der Waals surface area contributed by atoms with Crippen molar-refractivity contribution in [3.8, 4) is 11.5 Å². The van der Waals surface area contributed by atoms with Gasteiger partial charge in [-0.2, -0.15) is 0 Å². The molecule has 0 radical (unpaired) electrons. The van der Waals surface area contributed by atoms with Crippen LogP contribution in [0.15, 0.2) is 45.7 Å². The quantitative estimate of drug-likeness (QED) is 0.905. The molecule has 1 aliphatic rings. The smallest absolute Gasteiger partial charge is 0.335 e. The molecular formula is C16H14N2O5S. The zero-order valence-electron chi connectivity index (χ0n) is 12.8. The first-order valence-electron chi connectivity index (χ1n) is 7.12. The van der Waals surface area contributed by atoms with Crippen LogP contribution in [-0.4, -0.2) is 35.9 Å². The minimum atomic E-state index is -3.18. The van der Waals surface area contributed by atoms with Gasteiger partial charge in [0.2, 0.25) is 11.8 Å². The Kier molecular flexibility index (Phi) is 4.06. The molecule has 0 amide bonds. The Morgan fingerprint density at radius 3 is 2.29 bits per heavy atom. The second-order valence-electron chi connectivity index (χ2n) is 5.39. The number of allylic oxidation sites excluding steroid dienone is 4. The summed E-state index contributed by atoms with van der Waals surface area (Å²) in [5.41, 5.74) is 1.55. The lowest BCUT2D eigenvalue weighted by Crippen LogP contribution is -2.04. The molecule has 24 heavy (non-hydrogen) atoms. The van der Waals surface area contributed by atoms with E-state index in [4.69, 9.17) is 9.52 Å². The van der Waals surface area contributed by atoms with E-state index in [0.29, 0.717) is 29.2 Å². The van der Waals surface area contributed by atoms with Crippen molar-refractivity contribution < 1.29 is 22.7 Å². The lowest BCUT2D eigenvalue weighted by Gasteiger charge is -2.10. The first-order valence-corrected chi connectivity index (χ1v) is 9.01. The Hall–Kier alpha value is -2.74. The molecule has 0 saturated carbocycles. The molecule has 1 N–H and O–H groups in total. The summed E-state index contributed by atoms with van der Waals surface area (Å²) in [5, 5.41) is 16.8. The van der Waals surface area contributed by atoms with Crippen molar-refractivity contribution in [1.82, 2.24) is 10.2 Å². The third kappa shape index (κ3) is 3.28. The standard InChI is InChI=1S/C16H14N2O5S/c1-24(21,22)13-8-6-11(7-9-13)15-18-17-14(23-15)10-2-4-12(5-3-10)16(19)20/h2-6,8H,7,9H2,1H3,(H,19,20). The van der Waals surface area contributed by atoms with E-state index in [1.165, 1.54) is 18.4 Å². The largest absolute Gasteiger partial charge is 0.478 e. The Balaban J connectivity index is 1.85. The molecule has 0 atom stereocenters. The average molecular weight is 346 g/mol. The van der Waals surface area contributed by atoms with Crippen molar-refractivity contribution >= 4 is 21.4 Å². The lowest BCUT2D eigenvalue weighted by molar-refractivity contribution is 0.0697. The minimum absolute atomic E-state index is 0.173. The van der Waals surface area contributed by atoms with Crippen molar-refractivity contribution in [3.63, 3.8) is 0 Å². The van der Waals surface area contributed by atoms with Crippen LogP contribution in [0.4, 0.5) is 0 Å². The molecule has 0 fully saturated rings. The summed E-state index contributed by atoms with van der Waals surface area (Å²) in [7, 11) is -3.18. The molecular weight excluding hydrogens is 332 g/mol. The van der Waals surface area contributed by atoms with Gasteiger partial charge in [0.25, 0.3) is 0 Å². The number of rotatable bonds is 4. The van der Waals surface area contributed by atoms with Gasteiger partial charge in [-0.3, -0.25) is 0 Å². The summed E-state index contributed by atoms with van der Waals surface area (Å²) in [4.78, 5) is 11.2. The summed E-state index contributed by atoms with van der Waals surface area (Å²) >= 11 is 0. The van der Waals surface area contributed by atoms with Crippen LogP contribution in [0.25, 0.3) is 17.0 Å². The number of carboxylic acid groups (broad SMARTS) is 1. The van der Waals surface area contributed by atoms with E-state index >= 15 is 0 Å². The van der Waals surface area contributed by atoms with E-state index in [1.54, 1.807) is 24.3 Å². The Bertz CT molecular complexity index is 953. The molecule has 8 heteroatoms. The van der Waals surface area contributed by atoms with Crippen LogP contribution in [0, 0.1) is 0 Å². The molecule has 7 nitrogen and oxygen atoms in total. The molecule has 0 spiro atoms. The van der Waals surface area contributed by atoms with E-state index in [1.807, 2.05) is 0 Å². The number of aromatic carboxylic acids is 1. The van der Waals surface area contributed by atoms with Crippen molar-refractivity contribution in [2.45, 2.75) is 12.8 Å². The van der Waals surface area contributed by atoms with Crippen molar-refractivity contribution in [2.75, 3.05) is 6.26 Å². The number of carbonyl (C=O) groups is 1. The van der Waals surface area contributed by atoms with Crippen LogP contribution in [0.2, 0.25) is 0 Å². The third-order valence-corrected chi connectivity index (χ3v) is 4.96. The van der Waals surface area contributed by atoms with Gasteiger partial charge in [-0.05, 0) is 43.2 Å². The van der Waals surface area contributed by atoms with Gasteiger partial charge in [0.1, 0.15) is 0 Å². The number of sulfone groups is 1. The van der Waals surface area contributed by atoms with Crippen LogP contribution in [0.5, 0.6) is 0 Å². The summed E-state index contributed by atoms with van der Waals surface area (Å²) in [6.07, 6.45) is 5.31. The zero-order valence-corrected chi connectivity index (χ0v) is 13.6. The van der Waals surface area contributed by atoms with Crippen molar-refractivity contribution in [1.29, 1.82) is 0 Å². The van der Waals surface area contributed by atoms with E-state index in [0.717, 1.165) is 5.57 Å². The average Bonchev–Trinajstić information content (AvgIpc) is 3.04. The second-order valence-corrected chi connectivity index (χ2v) is 7.46. The van der Waals surface area contributed by atoms with E-state index in [2.05, 4.69) is 10.2 Å². The van der Waals surface area contributed by atoms with Gasteiger partial charge in [-0.1, -0.05) is 6.08 Å². The van der Waals surface area contributed by atoms with E-state index in [-0.39, 0.29) is 11.5 Å². The topological polar surface area (TPSA) is 110 Å². The molecule has 0 unspecified atom stereocenters. The molecule has 0 aliphatic heterocycles. The molecule has 1 aromatic carbocycles. The van der Waals surface area contributed by atoms with E-state index < -0.39 is 15.8 Å². The molecule has 0 saturated heterocycles. The fourth-order valence-corrected chi connectivity index (χ4v) is 3.12. The summed E-state index contributed by atoms with van der Waals surface area (Å²) < 4.78 is 28.6. The Labute approximate surface area is 138 Å². The van der Waals surface area contributed by atoms with Gasteiger partial charge in [0.15, 0.2) is 9.84 Å². The fraction of sp³-hybridized carbons (Fsp3) is 0.188. The highest BCUT2D eigenvalue weighted by atomic mass is 32.2. The van der Waals surface area contributed by atoms with Gasteiger partial charge in [-0.15, -0.1) is 10.2 Å². The van der Waals surface area contributed by atoms with E-state index in [9.17, 15) is 13.2 Å². The van der Waals surface area contributed by atoms with Gasteiger partial charge in [0, 0.05) is 22.3 Å². The third-order valence-electron chi connectivity index (χ3n) is 3.67. The maximum absolute atomic E-state index is 11.5. The van der Waals surface area contributed by atoms with Crippen LogP contribution in [0.3, 0.4) is 0 Å². The van der Waals surface area contributed by atoms with Gasteiger partial charge in [-0.25, -0.2) is 13.2 Å². The molecule has 3 rings (SSSR count). The normalized spacial score (nSPS) is 14.9. The monoisotopic (exact) mass is 346 g/mol. The number of carboxylic acids is 1. The number of hydrogen-bond acceptors (Lipinski definition) is 6. The van der Waals surface area contributed by atoms with Crippen LogP contribution in [-0.2, 0) is 9.84 Å². The Morgan fingerprint density at radius 2 is 1.75 bits per heavy atom. The number of benzene rings is 1. The minimum Gasteiger partial charge on any atom is -0.478 e. The number of nitrogens with zero attached hydrogens (tertiary/aromatic N) is 2. The van der Waals surface area contributed by atoms with Crippen LogP contribution >= 0.6 is 0 Å². The molecule has 2 aromatic rings. The molecule has 1 heterocycles. The van der Waals surface area contributed by atoms with Gasteiger partial charge in [0.05, 0.1) is 5.56 Å². The predicted octanol–water partition coefficient (Wildman–Crippen LogP) is 2.54. The molecule has 1 aromatic heterocycles. The zero-order chi connectivity index (χ0) is 17.3.